The molecular weight excluding hydrogens is 418 g/mol. The van der Waals surface area contributed by atoms with Crippen LogP contribution < -0.4 is 5.32 Å². The van der Waals surface area contributed by atoms with Gasteiger partial charge in [0.1, 0.15) is 5.82 Å². The zero-order valence-electron chi connectivity index (χ0n) is 13.9. The molecular formula is C17H15Cl2FN2O4S. The average molecular weight is 433 g/mol. The van der Waals surface area contributed by atoms with Gasteiger partial charge in [0.15, 0.2) is 0 Å². The molecule has 0 bridgehead atoms. The van der Waals surface area contributed by atoms with Gasteiger partial charge < -0.3 is 10.1 Å². The smallest absolute Gasteiger partial charge is 0.257 e. The third-order valence-corrected chi connectivity index (χ3v) is 6.43. The van der Waals surface area contributed by atoms with Crippen LogP contribution in [-0.2, 0) is 14.8 Å². The molecule has 0 aromatic heterocycles. The summed E-state index contributed by atoms with van der Waals surface area (Å²) in [6, 6.07) is 7.51. The third-order valence-electron chi connectivity index (χ3n) is 3.97. The van der Waals surface area contributed by atoms with Gasteiger partial charge in [-0.15, -0.1) is 0 Å². The molecule has 2 aromatic rings. The Balaban J connectivity index is 1.91. The Morgan fingerprint density at radius 2 is 1.81 bits per heavy atom. The number of sulfonamides is 1. The van der Waals surface area contributed by atoms with Crippen LogP contribution in [0.15, 0.2) is 41.3 Å². The first-order valence-electron chi connectivity index (χ1n) is 7.93. The van der Waals surface area contributed by atoms with Crippen LogP contribution in [0.2, 0.25) is 10.0 Å². The summed E-state index contributed by atoms with van der Waals surface area (Å²) in [4.78, 5) is 12.4. The van der Waals surface area contributed by atoms with Crippen LogP contribution in [0.4, 0.5) is 10.1 Å². The number of ether oxygens (including phenoxy) is 1. The summed E-state index contributed by atoms with van der Waals surface area (Å²) in [5.74, 6) is -1.43. The fourth-order valence-corrected chi connectivity index (χ4v) is 4.37. The van der Waals surface area contributed by atoms with Gasteiger partial charge in [-0.2, -0.15) is 4.31 Å². The Kier molecular flexibility index (Phi) is 6.02. The number of morpholine rings is 1. The summed E-state index contributed by atoms with van der Waals surface area (Å²) < 4.78 is 45.8. The summed E-state index contributed by atoms with van der Waals surface area (Å²) in [6.07, 6.45) is 0. The van der Waals surface area contributed by atoms with Gasteiger partial charge in [0.25, 0.3) is 5.91 Å². The van der Waals surface area contributed by atoms with Crippen LogP contribution in [0.1, 0.15) is 10.4 Å². The highest BCUT2D eigenvalue weighted by atomic mass is 35.5. The van der Waals surface area contributed by atoms with Crippen molar-refractivity contribution < 1.29 is 22.3 Å². The second-order valence-electron chi connectivity index (χ2n) is 5.74. The Morgan fingerprint density at radius 1 is 1.11 bits per heavy atom. The zero-order chi connectivity index (χ0) is 19.6. The number of carbonyl (C=O) groups excluding carboxylic acids is 1. The van der Waals surface area contributed by atoms with Gasteiger partial charge in [0.05, 0.1) is 34.4 Å². The number of anilines is 1. The number of carbonyl (C=O) groups is 1. The molecule has 27 heavy (non-hydrogen) atoms. The van der Waals surface area contributed by atoms with Crippen molar-refractivity contribution in [2.24, 2.45) is 0 Å². The summed E-state index contributed by atoms with van der Waals surface area (Å²) in [6.45, 7) is 1.04. The van der Waals surface area contributed by atoms with Crippen LogP contribution in [0.25, 0.3) is 0 Å². The van der Waals surface area contributed by atoms with Gasteiger partial charge in [-0.25, -0.2) is 12.8 Å². The number of benzene rings is 2. The molecule has 1 saturated heterocycles. The second kappa shape index (κ2) is 8.12. The lowest BCUT2D eigenvalue weighted by Crippen LogP contribution is -2.40. The molecule has 0 aliphatic carbocycles. The molecule has 1 amide bonds. The number of nitrogens with zero attached hydrogens (tertiary/aromatic N) is 1. The van der Waals surface area contributed by atoms with Crippen LogP contribution in [0.3, 0.4) is 0 Å². The van der Waals surface area contributed by atoms with Crippen LogP contribution >= 0.6 is 23.2 Å². The fraction of sp³-hybridized carbons (Fsp3) is 0.235. The lowest BCUT2D eigenvalue weighted by atomic mass is 10.2. The molecule has 144 valence electrons. The van der Waals surface area contributed by atoms with Gasteiger partial charge in [-0.1, -0.05) is 23.2 Å². The summed E-state index contributed by atoms with van der Waals surface area (Å²) in [5.41, 5.74) is -0.226. The average Bonchev–Trinajstić information content (AvgIpc) is 2.65. The molecule has 6 nitrogen and oxygen atoms in total. The molecule has 1 fully saturated rings. The monoisotopic (exact) mass is 432 g/mol. The highest BCUT2D eigenvalue weighted by Crippen LogP contribution is 2.26. The molecule has 3 rings (SSSR count). The molecule has 0 saturated carbocycles. The van der Waals surface area contributed by atoms with Crippen molar-refractivity contribution in [3.05, 3.63) is 57.8 Å². The maximum absolute atomic E-state index is 13.8. The lowest BCUT2D eigenvalue weighted by Gasteiger charge is -2.26. The van der Waals surface area contributed by atoms with E-state index >= 15 is 0 Å². The molecule has 2 aromatic carbocycles. The van der Waals surface area contributed by atoms with E-state index in [1.807, 2.05) is 0 Å². The highest BCUT2D eigenvalue weighted by Gasteiger charge is 2.27. The first-order valence-corrected chi connectivity index (χ1v) is 10.1. The lowest BCUT2D eigenvalue weighted by molar-refractivity contribution is 0.0730. The van der Waals surface area contributed by atoms with Gasteiger partial charge in [-0.3, -0.25) is 4.79 Å². The number of rotatable bonds is 4. The molecule has 10 heteroatoms. The Morgan fingerprint density at radius 3 is 2.52 bits per heavy atom. The van der Waals surface area contributed by atoms with Gasteiger partial charge >= 0.3 is 0 Å². The van der Waals surface area contributed by atoms with Crippen molar-refractivity contribution in [3.8, 4) is 0 Å². The molecule has 0 spiro atoms. The molecule has 1 heterocycles. The number of hydrogen-bond donors (Lipinski definition) is 1. The fourth-order valence-electron chi connectivity index (χ4n) is 2.56. The van der Waals surface area contributed by atoms with Crippen LogP contribution in [0, 0.1) is 5.82 Å². The zero-order valence-corrected chi connectivity index (χ0v) is 16.2. The normalized spacial score (nSPS) is 15.5. The van der Waals surface area contributed by atoms with E-state index in [1.165, 1.54) is 34.6 Å². The minimum atomic E-state index is -3.80. The highest BCUT2D eigenvalue weighted by molar-refractivity contribution is 7.89. The maximum atomic E-state index is 13.8. The van der Waals surface area contributed by atoms with E-state index in [2.05, 4.69) is 5.32 Å². The molecule has 1 aliphatic rings. The summed E-state index contributed by atoms with van der Waals surface area (Å²) in [5, 5.41) is 2.63. The van der Waals surface area contributed by atoms with E-state index in [-0.39, 0.29) is 39.3 Å². The van der Waals surface area contributed by atoms with Crippen molar-refractivity contribution in [2.45, 2.75) is 4.90 Å². The van der Waals surface area contributed by atoms with Gasteiger partial charge in [-0.05, 0) is 36.4 Å². The van der Waals surface area contributed by atoms with Crippen molar-refractivity contribution in [1.82, 2.24) is 4.31 Å². The van der Waals surface area contributed by atoms with E-state index in [0.29, 0.717) is 13.2 Å². The molecule has 0 unspecified atom stereocenters. The van der Waals surface area contributed by atoms with E-state index < -0.39 is 21.7 Å². The van der Waals surface area contributed by atoms with Crippen LogP contribution in [0.5, 0.6) is 0 Å². The Hall–Kier alpha value is -1.71. The molecule has 0 atom stereocenters. The molecule has 0 radical (unpaired) electrons. The minimum Gasteiger partial charge on any atom is -0.379 e. The predicted octanol–water partition coefficient (Wildman–Crippen LogP) is 3.41. The largest absolute Gasteiger partial charge is 0.379 e. The molecule has 1 aliphatic heterocycles. The predicted molar refractivity (Wildman–Crippen MR) is 100 cm³/mol. The summed E-state index contributed by atoms with van der Waals surface area (Å²) >= 11 is 11.9. The van der Waals surface area contributed by atoms with Crippen LogP contribution in [-0.4, -0.2) is 44.9 Å². The number of halogens is 3. The van der Waals surface area contributed by atoms with Crippen molar-refractivity contribution in [1.29, 1.82) is 0 Å². The number of amides is 1. The van der Waals surface area contributed by atoms with Gasteiger partial charge in [0, 0.05) is 18.1 Å². The summed E-state index contributed by atoms with van der Waals surface area (Å²) in [7, 11) is -3.80. The first-order chi connectivity index (χ1) is 12.8. The van der Waals surface area contributed by atoms with Crippen molar-refractivity contribution in [3.63, 3.8) is 0 Å². The van der Waals surface area contributed by atoms with E-state index in [1.54, 1.807) is 0 Å². The Bertz CT molecular complexity index is 979. The van der Waals surface area contributed by atoms with Crippen molar-refractivity contribution >= 4 is 44.8 Å². The van der Waals surface area contributed by atoms with Crippen molar-refractivity contribution in [2.75, 3.05) is 31.6 Å². The van der Waals surface area contributed by atoms with E-state index in [9.17, 15) is 17.6 Å². The maximum Gasteiger partial charge on any atom is 0.257 e. The minimum absolute atomic E-state index is 0.0378. The molecule has 1 N–H and O–H groups in total. The Labute approximate surface area is 165 Å². The third kappa shape index (κ3) is 4.41. The van der Waals surface area contributed by atoms with E-state index in [4.69, 9.17) is 27.9 Å². The standard InChI is InChI=1S/C17H15Cl2FN2O4S/c18-11-1-4-15(20)16(9-11)21-17(23)13-10-12(2-3-14(13)19)27(24,25)22-5-7-26-8-6-22/h1-4,9-10H,5-8H2,(H,21,23). The first kappa shape index (κ1) is 20.0. The number of nitrogens with one attached hydrogen (secondary N) is 1. The second-order valence-corrected chi connectivity index (χ2v) is 8.52. The topological polar surface area (TPSA) is 75.7 Å². The number of hydrogen-bond acceptors (Lipinski definition) is 4. The van der Waals surface area contributed by atoms with E-state index in [0.717, 1.165) is 6.07 Å². The van der Waals surface area contributed by atoms with Gasteiger partial charge in [0.2, 0.25) is 10.0 Å². The quantitative estimate of drug-likeness (QED) is 0.802. The SMILES string of the molecule is O=C(Nc1cc(Cl)ccc1F)c1cc(S(=O)(=O)N2CCOCC2)ccc1Cl.